The highest BCUT2D eigenvalue weighted by atomic mass is 35.5. The zero-order valence-electron chi connectivity index (χ0n) is 11.1. The van der Waals surface area contributed by atoms with E-state index in [1.54, 1.807) is 18.2 Å². The predicted molar refractivity (Wildman–Crippen MR) is 82.5 cm³/mol. The van der Waals surface area contributed by atoms with Crippen LogP contribution in [0.3, 0.4) is 0 Å². The van der Waals surface area contributed by atoms with Crippen LogP contribution in [0.2, 0.25) is 10.0 Å². The Labute approximate surface area is 137 Å². The van der Waals surface area contributed by atoms with Crippen LogP contribution in [0.5, 0.6) is 0 Å². The Balaban J connectivity index is 2.25. The third-order valence-corrected chi connectivity index (χ3v) is 6.27. The molecule has 2 aliphatic heterocycles. The average molecular weight is 357 g/mol. The van der Waals surface area contributed by atoms with Crippen molar-refractivity contribution in [2.45, 2.75) is 12.3 Å². The normalized spacial score (nSPS) is 23.0. The maximum atomic E-state index is 12.3. The molecule has 1 aromatic rings. The largest absolute Gasteiger partial charge is 0.444 e. The molecule has 0 saturated carbocycles. The minimum absolute atomic E-state index is 0.0541. The minimum atomic E-state index is -3.50. The van der Waals surface area contributed by atoms with Crippen LogP contribution in [-0.4, -0.2) is 14.2 Å². The highest BCUT2D eigenvalue weighted by Gasteiger charge is 2.43. The standard InChI is InChI=1S/C14H10Cl2N2O3S/c15-9-2-1-7(5-10(9)16)12-8(6-17)14(18)21-11-3-4-22(19,20)13(11)12/h1-2,5,12H,3-4,18H2. The number of nitrogens with zero attached hydrogens (tertiary/aromatic N) is 1. The van der Waals surface area contributed by atoms with Gasteiger partial charge in [0.15, 0.2) is 9.84 Å². The summed E-state index contributed by atoms with van der Waals surface area (Å²) >= 11 is 11.9. The number of nitrogens with two attached hydrogens (primary N) is 1. The Hall–Kier alpha value is -1.68. The van der Waals surface area contributed by atoms with Gasteiger partial charge in [-0.2, -0.15) is 5.26 Å². The van der Waals surface area contributed by atoms with Crippen LogP contribution >= 0.6 is 23.2 Å². The van der Waals surface area contributed by atoms with Gasteiger partial charge < -0.3 is 10.5 Å². The number of hydrogen-bond acceptors (Lipinski definition) is 5. The molecule has 0 spiro atoms. The minimum Gasteiger partial charge on any atom is -0.444 e. The smallest absolute Gasteiger partial charge is 0.205 e. The van der Waals surface area contributed by atoms with Crippen molar-refractivity contribution >= 4 is 33.0 Å². The Morgan fingerprint density at radius 3 is 2.68 bits per heavy atom. The molecule has 1 unspecified atom stereocenters. The van der Waals surface area contributed by atoms with Gasteiger partial charge in [-0.25, -0.2) is 8.42 Å². The first-order valence-electron chi connectivity index (χ1n) is 6.33. The fourth-order valence-corrected chi connectivity index (χ4v) is 4.75. The van der Waals surface area contributed by atoms with Gasteiger partial charge in [-0.1, -0.05) is 29.3 Å². The number of ether oxygens (including phenoxy) is 1. The number of benzene rings is 1. The molecule has 8 heteroatoms. The van der Waals surface area contributed by atoms with E-state index in [0.717, 1.165) is 0 Å². The van der Waals surface area contributed by atoms with Crippen LogP contribution in [0.15, 0.2) is 40.3 Å². The van der Waals surface area contributed by atoms with Crippen LogP contribution in [0.4, 0.5) is 0 Å². The third kappa shape index (κ3) is 2.26. The molecule has 1 aromatic carbocycles. The predicted octanol–water partition coefficient (Wildman–Crippen LogP) is 2.83. The molecule has 0 radical (unpaired) electrons. The molecule has 0 aromatic heterocycles. The molecule has 22 heavy (non-hydrogen) atoms. The number of halogens is 2. The Morgan fingerprint density at radius 1 is 1.32 bits per heavy atom. The van der Waals surface area contributed by atoms with Gasteiger partial charge in [-0.05, 0) is 17.7 Å². The molecule has 0 bridgehead atoms. The summed E-state index contributed by atoms with van der Waals surface area (Å²) in [6.45, 7) is 0. The van der Waals surface area contributed by atoms with Crippen molar-refractivity contribution in [1.29, 1.82) is 5.26 Å². The molecule has 0 fully saturated rings. The summed E-state index contributed by atoms with van der Waals surface area (Å²) in [5.41, 5.74) is 6.37. The van der Waals surface area contributed by atoms with E-state index in [9.17, 15) is 13.7 Å². The van der Waals surface area contributed by atoms with Crippen LogP contribution in [0, 0.1) is 11.3 Å². The summed E-state index contributed by atoms with van der Waals surface area (Å²) < 4.78 is 30.0. The second kappa shape index (κ2) is 5.20. The van der Waals surface area contributed by atoms with Gasteiger partial charge in [0.25, 0.3) is 0 Å². The van der Waals surface area contributed by atoms with E-state index in [2.05, 4.69) is 0 Å². The van der Waals surface area contributed by atoms with E-state index in [1.807, 2.05) is 6.07 Å². The monoisotopic (exact) mass is 356 g/mol. The van der Waals surface area contributed by atoms with Gasteiger partial charge >= 0.3 is 0 Å². The lowest BCUT2D eigenvalue weighted by atomic mass is 9.89. The molecule has 3 rings (SSSR count). The Bertz CT molecular complexity index is 882. The molecule has 0 aliphatic carbocycles. The van der Waals surface area contributed by atoms with Crippen LogP contribution < -0.4 is 5.73 Å². The number of nitriles is 1. The Kier molecular flexibility index (Phi) is 3.60. The lowest BCUT2D eigenvalue weighted by Crippen LogP contribution is -2.21. The molecule has 5 nitrogen and oxygen atoms in total. The summed E-state index contributed by atoms with van der Waals surface area (Å²) in [6, 6.07) is 6.68. The molecule has 0 saturated heterocycles. The summed E-state index contributed by atoms with van der Waals surface area (Å²) in [5.74, 6) is -0.639. The van der Waals surface area contributed by atoms with Gasteiger partial charge in [0.05, 0.1) is 26.6 Å². The second-order valence-electron chi connectivity index (χ2n) is 4.95. The lowest BCUT2D eigenvalue weighted by Gasteiger charge is -2.25. The van der Waals surface area contributed by atoms with E-state index in [0.29, 0.717) is 16.3 Å². The van der Waals surface area contributed by atoms with Crippen molar-refractivity contribution in [3.8, 4) is 6.07 Å². The molecule has 114 valence electrons. The van der Waals surface area contributed by atoms with E-state index < -0.39 is 15.8 Å². The van der Waals surface area contributed by atoms with Gasteiger partial charge in [-0.15, -0.1) is 0 Å². The van der Waals surface area contributed by atoms with Crippen molar-refractivity contribution < 1.29 is 13.2 Å². The quantitative estimate of drug-likeness (QED) is 0.834. The van der Waals surface area contributed by atoms with E-state index in [4.69, 9.17) is 33.7 Å². The van der Waals surface area contributed by atoms with Crippen LogP contribution in [0.1, 0.15) is 17.9 Å². The van der Waals surface area contributed by atoms with Crippen molar-refractivity contribution in [1.82, 2.24) is 0 Å². The zero-order valence-corrected chi connectivity index (χ0v) is 13.5. The maximum absolute atomic E-state index is 12.3. The van der Waals surface area contributed by atoms with E-state index >= 15 is 0 Å². The lowest BCUT2D eigenvalue weighted by molar-refractivity contribution is 0.276. The molecule has 1 atom stereocenters. The second-order valence-corrected chi connectivity index (χ2v) is 7.85. The molecule has 2 aliphatic rings. The van der Waals surface area contributed by atoms with Crippen LogP contribution in [-0.2, 0) is 14.6 Å². The fraction of sp³-hybridized carbons (Fsp3) is 0.214. The first kappa shape index (κ1) is 15.2. The van der Waals surface area contributed by atoms with Gasteiger partial charge in [0, 0.05) is 6.42 Å². The number of allylic oxidation sites excluding steroid dienone is 3. The molecule has 2 heterocycles. The SMILES string of the molecule is N#CC1=C(N)OC2=C(C1c1ccc(Cl)c(Cl)c1)S(=O)(=O)CC2. The van der Waals surface area contributed by atoms with Gasteiger partial charge in [-0.3, -0.25) is 0 Å². The zero-order chi connectivity index (χ0) is 16.1. The fourth-order valence-electron chi connectivity index (χ4n) is 2.67. The Morgan fingerprint density at radius 2 is 2.05 bits per heavy atom. The number of sulfone groups is 1. The summed E-state index contributed by atoms with van der Waals surface area (Å²) in [6.07, 6.45) is 0.245. The highest BCUT2D eigenvalue weighted by molar-refractivity contribution is 7.95. The molecule has 0 amide bonds. The van der Waals surface area contributed by atoms with Crippen molar-refractivity contribution in [3.63, 3.8) is 0 Å². The molecule has 2 N–H and O–H groups in total. The molecular formula is C14H10Cl2N2O3S. The van der Waals surface area contributed by atoms with Gasteiger partial charge in [0.2, 0.25) is 5.88 Å². The summed E-state index contributed by atoms with van der Waals surface area (Å²) in [4.78, 5) is 0.0941. The van der Waals surface area contributed by atoms with E-state index in [-0.39, 0.29) is 33.6 Å². The van der Waals surface area contributed by atoms with Crippen molar-refractivity contribution in [2.24, 2.45) is 5.73 Å². The average Bonchev–Trinajstić information content (AvgIpc) is 2.76. The summed E-state index contributed by atoms with van der Waals surface area (Å²) in [7, 11) is -3.50. The topological polar surface area (TPSA) is 93.2 Å². The van der Waals surface area contributed by atoms with Gasteiger partial charge in [0.1, 0.15) is 17.4 Å². The molecular weight excluding hydrogens is 347 g/mol. The highest BCUT2D eigenvalue weighted by Crippen LogP contribution is 2.46. The third-order valence-electron chi connectivity index (χ3n) is 3.65. The first-order valence-corrected chi connectivity index (χ1v) is 8.74. The van der Waals surface area contributed by atoms with Crippen molar-refractivity contribution in [2.75, 3.05) is 5.75 Å². The maximum Gasteiger partial charge on any atom is 0.205 e. The van der Waals surface area contributed by atoms with Crippen LogP contribution in [0.25, 0.3) is 0 Å². The summed E-state index contributed by atoms with van der Waals surface area (Å²) in [5, 5.41) is 9.98. The first-order chi connectivity index (χ1) is 10.3. The van der Waals surface area contributed by atoms with E-state index in [1.165, 1.54) is 0 Å². The number of hydrogen-bond donors (Lipinski definition) is 1. The van der Waals surface area contributed by atoms with Crippen molar-refractivity contribution in [3.05, 3.63) is 55.9 Å². The number of rotatable bonds is 1.